The smallest absolute Gasteiger partial charge is 0.235 e. The van der Waals surface area contributed by atoms with Crippen LogP contribution in [0.3, 0.4) is 0 Å². The van der Waals surface area contributed by atoms with Gasteiger partial charge in [-0.2, -0.15) is 15.0 Å². The summed E-state index contributed by atoms with van der Waals surface area (Å²) in [5.41, 5.74) is 5.41. The number of anilines is 3. The van der Waals surface area contributed by atoms with Crippen LogP contribution < -0.4 is 15.5 Å². The van der Waals surface area contributed by atoms with E-state index in [0.29, 0.717) is 0 Å². The number of aliphatic hydroxyl groups excluding tert-OH is 4. The second-order valence-corrected chi connectivity index (χ2v) is 2.94. The third-order valence-corrected chi connectivity index (χ3v) is 1.88. The summed E-state index contributed by atoms with van der Waals surface area (Å²) in [6.07, 6.45) is 0. The fourth-order valence-corrected chi connectivity index (χ4v) is 0.995. The molecule has 0 saturated heterocycles. The summed E-state index contributed by atoms with van der Waals surface area (Å²) in [6.45, 7) is -2.06. The standard InChI is InChI=1S/C7H14N6O4/c8-5-9-6(12(1-14)2-15)11-7(10-5)13(3-16)4-17/h14-17H,1-4H2,(H2,8,9,10,11). The van der Waals surface area contributed by atoms with Crippen molar-refractivity contribution in [1.29, 1.82) is 0 Å². The second kappa shape index (κ2) is 6.10. The zero-order chi connectivity index (χ0) is 12.8. The normalized spacial score (nSPS) is 10.4. The summed E-state index contributed by atoms with van der Waals surface area (Å²) in [5.74, 6) is -0.294. The molecule has 0 fully saturated rings. The molecule has 1 aromatic heterocycles. The van der Waals surface area contributed by atoms with E-state index in [1.54, 1.807) is 0 Å². The number of hydrogen-bond acceptors (Lipinski definition) is 10. The van der Waals surface area contributed by atoms with E-state index in [2.05, 4.69) is 15.0 Å². The minimum Gasteiger partial charge on any atom is -0.376 e. The molecule has 0 atom stereocenters. The van der Waals surface area contributed by atoms with Crippen molar-refractivity contribution >= 4 is 17.8 Å². The highest BCUT2D eigenvalue weighted by atomic mass is 16.3. The van der Waals surface area contributed by atoms with Gasteiger partial charge in [-0.25, -0.2) is 0 Å². The Morgan fingerprint density at radius 3 is 1.41 bits per heavy atom. The number of rotatable bonds is 6. The topological polar surface area (TPSA) is 152 Å². The number of nitrogens with zero attached hydrogens (tertiary/aromatic N) is 5. The van der Waals surface area contributed by atoms with E-state index < -0.39 is 26.9 Å². The fraction of sp³-hybridized carbons (Fsp3) is 0.571. The van der Waals surface area contributed by atoms with E-state index in [-0.39, 0.29) is 17.8 Å². The van der Waals surface area contributed by atoms with Gasteiger partial charge in [0, 0.05) is 0 Å². The molecule has 1 aromatic rings. The Morgan fingerprint density at radius 1 is 0.765 bits per heavy atom. The first-order valence-electron chi connectivity index (χ1n) is 4.61. The van der Waals surface area contributed by atoms with E-state index in [1.807, 2.05) is 0 Å². The molecule has 0 aliphatic carbocycles. The van der Waals surface area contributed by atoms with Crippen molar-refractivity contribution in [3.63, 3.8) is 0 Å². The maximum atomic E-state index is 8.93. The Bertz CT molecular complexity index is 326. The van der Waals surface area contributed by atoms with Crippen LogP contribution in [0.1, 0.15) is 0 Å². The zero-order valence-corrected chi connectivity index (χ0v) is 8.93. The molecule has 0 aromatic carbocycles. The third-order valence-electron chi connectivity index (χ3n) is 1.88. The van der Waals surface area contributed by atoms with Crippen molar-refractivity contribution in [3.8, 4) is 0 Å². The first kappa shape index (κ1) is 13.3. The van der Waals surface area contributed by atoms with Crippen LogP contribution in [0.15, 0.2) is 0 Å². The van der Waals surface area contributed by atoms with Gasteiger partial charge in [-0.3, -0.25) is 9.80 Å². The van der Waals surface area contributed by atoms with Crippen LogP contribution in [0.25, 0.3) is 0 Å². The molecule has 10 nitrogen and oxygen atoms in total. The Balaban J connectivity index is 3.08. The van der Waals surface area contributed by atoms with Gasteiger partial charge in [-0.1, -0.05) is 0 Å². The van der Waals surface area contributed by atoms with Crippen molar-refractivity contribution in [2.75, 3.05) is 42.5 Å². The van der Waals surface area contributed by atoms with Crippen molar-refractivity contribution in [1.82, 2.24) is 15.0 Å². The highest BCUT2D eigenvalue weighted by Gasteiger charge is 2.14. The number of hydrogen-bond donors (Lipinski definition) is 5. The van der Waals surface area contributed by atoms with E-state index in [0.717, 1.165) is 9.80 Å². The molecule has 1 rings (SSSR count). The fourth-order valence-electron chi connectivity index (χ4n) is 0.995. The molecular formula is C7H14N6O4. The lowest BCUT2D eigenvalue weighted by atomic mass is 10.7. The zero-order valence-electron chi connectivity index (χ0n) is 8.93. The molecule has 0 saturated carbocycles. The van der Waals surface area contributed by atoms with E-state index in [1.165, 1.54) is 0 Å². The molecule has 0 aliphatic heterocycles. The summed E-state index contributed by atoms with van der Waals surface area (Å²) in [4.78, 5) is 13.2. The summed E-state index contributed by atoms with van der Waals surface area (Å²) >= 11 is 0. The molecule has 0 amide bonds. The summed E-state index contributed by atoms with van der Waals surface area (Å²) in [7, 11) is 0. The van der Waals surface area contributed by atoms with E-state index in [4.69, 9.17) is 26.2 Å². The summed E-state index contributed by atoms with van der Waals surface area (Å²) in [6, 6.07) is 0. The Labute approximate surface area is 96.6 Å². The summed E-state index contributed by atoms with van der Waals surface area (Å²) < 4.78 is 0. The van der Waals surface area contributed by atoms with Crippen LogP contribution in [0, 0.1) is 0 Å². The second-order valence-electron chi connectivity index (χ2n) is 2.94. The minimum absolute atomic E-state index is 0.0654. The SMILES string of the molecule is Nc1nc(N(CO)CO)nc(N(CO)CO)n1. The van der Waals surface area contributed by atoms with Crippen LogP contribution in [-0.4, -0.2) is 62.3 Å². The maximum Gasteiger partial charge on any atom is 0.235 e. The predicted octanol–water partition coefficient (Wildman–Crippen LogP) is -3.13. The van der Waals surface area contributed by atoms with Crippen molar-refractivity contribution in [3.05, 3.63) is 0 Å². The molecule has 0 bridgehead atoms. The highest BCUT2D eigenvalue weighted by Crippen LogP contribution is 2.13. The molecule has 10 heteroatoms. The number of nitrogen functional groups attached to an aromatic ring is 1. The predicted molar refractivity (Wildman–Crippen MR) is 57.5 cm³/mol. The molecule has 6 N–H and O–H groups in total. The van der Waals surface area contributed by atoms with Crippen molar-refractivity contribution in [2.45, 2.75) is 0 Å². The van der Waals surface area contributed by atoms with Crippen molar-refractivity contribution in [2.24, 2.45) is 0 Å². The quantitative estimate of drug-likeness (QED) is 0.325. The van der Waals surface area contributed by atoms with Gasteiger partial charge in [0.15, 0.2) is 0 Å². The van der Waals surface area contributed by atoms with Gasteiger partial charge >= 0.3 is 0 Å². The van der Waals surface area contributed by atoms with Crippen LogP contribution in [0.2, 0.25) is 0 Å². The summed E-state index contributed by atoms with van der Waals surface area (Å²) in [5, 5.41) is 35.7. The van der Waals surface area contributed by atoms with Crippen molar-refractivity contribution < 1.29 is 20.4 Å². The van der Waals surface area contributed by atoms with Gasteiger partial charge in [0.25, 0.3) is 0 Å². The third kappa shape index (κ3) is 3.10. The first-order chi connectivity index (χ1) is 8.15. The average Bonchev–Trinajstić information content (AvgIpc) is 2.31. The molecule has 0 spiro atoms. The molecular weight excluding hydrogens is 232 g/mol. The van der Waals surface area contributed by atoms with Gasteiger partial charge < -0.3 is 26.2 Å². The lowest BCUT2D eigenvalue weighted by Crippen LogP contribution is -2.31. The highest BCUT2D eigenvalue weighted by molar-refractivity contribution is 5.42. The molecule has 1 heterocycles. The van der Waals surface area contributed by atoms with E-state index in [9.17, 15) is 0 Å². The Hall–Kier alpha value is -1.75. The first-order valence-corrected chi connectivity index (χ1v) is 4.61. The lowest BCUT2D eigenvalue weighted by Gasteiger charge is -2.20. The minimum atomic E-state index is -0.516. The molecule has 96 valence electrons. The van der Waals surface area contributed by atoms with E-state index >= 15 is 0 Å². The van der Waals surface area contributed by atoms with Crippen LogP contribution in [0.4, 0.5) is 17.8 Å². The van der Waals surface area contributed by atoms with Crippen LogP contribution in [-0.2, 0) is 0 Å². The monoisotopic (exact) mass is 246 g/mol. The number of nitrogens with two attached hydrogens (primary N) is 1. The van der Waals surface area contributed by atoms with Crippen LogP contribution in [0.5, 0.6) is 0 Å². The average molecular weight is 246 g/mol. The number of aliphatic hydroxyl groups is 4. The lowest BCUT2D eigenvalue weighted by molar-refractivity contribution is 0.217. The number of aromatic nitrogens is 3. The molecule has 0 radical (unpaired) electrons. The van der Waals surface area contributed by atoms with Gasteiger partial charge in [0.1, 0.15) is 26.9 Å². The van der Waals surface area contributed by atoms with Gasteiger partial charge in [0.2, 0.25) is 17.8 Å². The van der Waals surface area contributed by atoms with Crippen LogP contribution >= 0.6 is 0 Å². The Kier molecular flexibility index (Phi) is 4.78. The molecule has 0 unspecified atom stereocenters. The van der Waals surface area contributed by atoms with Gasteiger partial charge in [-0.15, -0.1) is 0 Å². The molecule has 0 aliphatic rings. The largest absolute Gasteiger partial charge is 0.376 e. The van der Waals surface area contributed by atoms with Gasteiger partial charge in [-0.05, 0) is 0 Å². The van der Waals surface area contributed by atoms with Gasteiger partial charge in [0.05, 0.1) is 0 Å². The molecule has 17 heavy (non-hydrogen) atoms. The maximum absolute atomic E-state index is 8.93. The Morgan fingerprint density at radius 2 is 1.12 bits per heavy atom.